The highest BCUT2D eigenvalue weighted by Crippen LogP contribution is 2.28. The summed E-state index contributed by atoms with van der Waals surface area (Å²) in [5.41, 5.74) is 2.07. The first kappa shape index (κ1) is 22.1. The second-order valence-corrected chi connectivity index (χ2v) is 8.71. The molecule has 3 heterocycles. The van der Waals surface area contributed by atoms with Crippen LogP contribution >= 0.6 is 0 Å². The van der Waals surface area contributed by atoms with Crippen molar-refractivity contribution in [3.05, 3.63) is 70.1 Å². The minimum Gasteiger partial charge on any atom is -0.496 e. The second kappa shape index (κ2) is 9.29. The molecule has 7 nitrogen and oxygen atoms in total. The van der Waals surface area contributed by atoms with E-state index in [1.54, 1.807) is 19.4 Å². The Morgan fingerprint density at radius 3 is 2.65 bits per heavy atom. The summed E-state index contributed by atoms with van der Waals surface area (Å²) in [5.74, 6) is 0.891. The first-order chi connectivity index (χ1) is 16.5. The number of hydrogen-bond acceptors (Lipinski definition) is 6. The van der Waals surface area contributed by atoms with Gasteiger partial charge >= 0.3 is 0 Å². The molecule has 5 rings (SSSR count). The molecule has 2 aromatic carbocycles. The van der Waals surface area contributed by atoms with Gasteiger partial charge in [-0.25, -0.2) is 4.39 Å². The molecule has 2 aromatic heterocycles. The van der Waals surface area contributed by atoms with E-state index in [0.717, 1.165) is 50.1 Å². The zero-order valence-corrected chi connectivity index (χ0v) is 19.4. The molecule has 1 saturated heterocycles. The third kappa shape index (κ3) is 4.16. The smallest absolute Gasteiger partial charge is 0.231 e. The summed E-state index contributed by atoms with van der Waals surface area (Å²) in [4.78, 5) is 19.8. The minimum absolute atomic E-state index is 0.185. The Balaban J connectivity index is 1.51. The Labute approximate surface area is 196 Å². The maximum Gasteiger partial charge on any atom is 0.231 e. The van der Waals surface area contributed by atoms with Crippen molar-refractivity contribution >= 4 is 16.6 Å². The lowest BCUT2D eigenvalue weighted by molar-refractivity contribution is 0.379. The van der Waals surface area contributed by atoms with E-state index in [1.807, 2.05) is 35.9 Å². The molecular weight excluding hydrogens is 435 g/mol. The predicted molar refractivity (Wildman–Crippen MR) is 129 cm³/mol. The van der Waals surface area contributed by atoms with Gasteiger partial charge in [0.1, 0.15) is 11.6 Å². The Morgan fingerprint density at radius 2 is 1.88 bits per heavy atom. The van der Waals surface area contributed by atoms with Gasteiger partial charge in [-0.2, -0.15) is 4.98 Å². The summed E-state index contributed by atoms with van der Waals surface area (Å²) in [6.45, 7) is 1.65. The van der Waals surface area contributed by atoms with E-state index in [4.69, 9.17) is 9.26 Å². The van der Waals surface area contributed by atoms with E-state index >= 15 is 4.39 Å². The Bertz CT molecular complexity index is 1390. The molecule has 0 aliphatic carbocycles. The summed E-state index contributed by atoms with van der Waals surface area (Å²) in [6.07, 6.45) is 6.48. The van der Waals surface area contributed by atoms with Crippen molar-refractivity contribution in [1.82, 2.24) is 14.7 Å². The first-order valence-electron chi connectivity index (χ1n) is 11.6. The van der Waals surface area contributed by atoms with Crippen LogP contribution in [0.1, 0.15) is 37.1 Å². The van der Waals surface area contributed by atoms with Gasteiger partial charge < -0.3 is 18.7 Å². The highest BCUT2D eigenvalue weighted by atomic mass is 19.1. The van der Waals surface area contributed by atoms with E-state index in [0.29, 0.717) is 28.9 Å². The van der Waals surface area contributed by atoms with Crippen LogP contribution in [0.4, 0.5) is 10.1 Å². The minimum atomic E-state index is -0.381. The molecule has 34 heavy (non-hydrogen) atoms. The SMILES string of the molecule is COc1ccccc1Cc1nc(-c2cn(C)c3cc(N4CCCCCC4)c(F)cc3c2=O)no1. The van der Waals surface area contributed by atoms with Gasteiger partial charge in [-0.05, 0) is 31.0 Å². The fraction of sp³-hybridized carbons (Fsp3) is 0.346. The number of benzene rings is 2. The molecule has 8 heteroatoms. The molecule has 0 bridgehead atoms. The van der Waals surface area contributed by atoms with Crippen molar-refractivity contribution in [2.45, 2.75) is 32.1 Å². The number of para-hydroxylation sites is 1. The van der Waals surface area contributed by atoms with E-state index in [-0.39, 0.29) is 22.6 Å². The standard InChI is InChI=1S/C26H27FN4O3/c1-30-16-19(26-28-24(34-29-26)13-17-9-5-6-10-23(17)33-2)25(32)18-14-20(27)22(15-21(18)30)31-11-7-3-4-8-12-31/h5-6,9-10,14-16H,3-4,7-8,11-13H2,1-2H3. The highest BCUT2D eigenvalue weighted by molar-refractivity contribution is 5.86. The van der Waals surface area contributed by atoms with Gasteiger partial charge in [-0.3, -0.25) is 4.79 Å². The number of ether oxygens (including phenoxy) is 1. The van der Waals surface area contributed by atoms with Gasteiger partial charge in [-0.1, -0.05) is 36.2 Å². The molecule has 0 saturated carbocycles. The van der Waals surface area contributed by atoms with Gasteiger partial charge in [0, 0.05) is 37.3 Å². The number of hydrogen-bond donors (Lipinski definition) is 0. The van der Waals surface area contributed by atoms with Crippen LogP contribution in [0.25, 0.3) is 22.3 Å². The number of halogens is 1. The number of aryl methyl sites for hydroxylation is 1. The number of pyridine rings is 1. The average molecular weight is 463 g/mol. The second-order valence-electron chi connectivity index (χ2n) is 8.71. The van der Waals surface area contributed by atoms with Crippen LogP contribution in [0.15, 0.2) is 51.9 Å². The molecule has 4 aromatic rings. The fourth-order valence-electron chi connectivity index (χ4n) is 4.65. The number of anilines is 1. The van der Waals surface area contributed by atoms with Crippen LogP contribution in [-0.2, 0) is 13.5 Å². The van der Waals surface area contributed by atoms with Crippen LogP contribution in [-0.4, -0.2) is 34.9 Å². The van der Waals surface area contributed by atoms with E-state index in [9.17, 15) is 4.79 Å². The number of nitrogens with zero attached hydrogens (tertiary/aromatic N) is 4. The summed E-state index contributed by atoms with van der Waals surface area (Å²) in [5, 5.41) is 4.33. The fourth-order valence-corrected chi connectivity index (χ4v) is 4.65. The summed E-state index contributed by atoms with van der Waals surface area (Å²) >= 11 is 0. The molecule has 1 aliphatic heterocycles. The Hall–Kier alpha value is -3.68. The lowest BCUT2D eigenvalue weighted by Gasteiger charge is -2.24. The Morgan fingerprint density at radius 1 is 1.12 bits per heavy atom. The topological polar surface area (TPSA) is 73.4 Å². The zero-order valence-electron chi connectivity index (χ0n) is 19.4. The molecule has 0 spiro atoms. The van der Waals surface area contributed by atoms with Crippen LogP contribution in [0.5, 0.6) is 5.75 Å². The number of methoxy groups -OCH3 is 1. The van der Waals surface area contributed by atoms with E-state index < -0.39 is 0 Å². The molecule has 1 aliphatic rings. The molecule has 1 fully saturated rings. The van der Waals surface area contributed by atoms with Crippen molar-refractivity contribution in [2.75, 3.05) is 25.1 Å². The van der Waals surface area contributed by atoms with Gasteiger partial charge in [-0.15, -0.1) is 0 Å². The molecular formula is C26H27FN4O3. The zero-order chi connectivity index (χ0) is 23.7. The third-order valence-electron chi connectivity index (χ3n) is 6.45. The monoisotopic (exact) mass is 462 g/mol. The molecule has 0 unspecified atom stereocenters. The number of fused-ring (bicyclic) bond motifs is 1. The van der Waals surface area contributed by atoms with Crippen LogP contribution < -0.4 is 15.1 Å². The lowest BCUT2D eigenvalue weighted by atomic mass is 10.1. The number of rotatable bonds is 5. The first-order valence-corrected chi connectivity index (χ1v) is 11.6. The Kier molecular flexibility index (Phi) is 6.04. The quantitative estimate of drug-likeness (QED) is 0.428. The largest absolute Gasteiger partial charge is 0.496 e. The van der Waals surface area contributed by atoms with Crippen molar-refractivity contribution in [3.8, 4) is 17.1 Å². The van der Waals surface area contributed by atoms with Crippen LogP contribution in [0, 0.1) is 5.82 Å². The van der Waals surface area contributed by atoms with Crippen molar-refractivity contribution in [2.24, 2.45) is 7.05 Å². The molecule has 0 amide bonds. The summed E-state index contributed by atoms with van der Waals surface area (Å²) in [6, 6.07) is 10.7. The number of aromatic nitrogens is 3. The van der Waals surface area contributed by atoms with Gasteiger partial charge in [0.15, 0.2) is 0 Å². The predicted octanol–water partition coefficient (Wildman–Crippen LogP) is 4.71. The van der Waals surface area contributed by atoms with Gasteiger partial charge in [0.25, 0.3) is 0 Å². The van der Waals surface area contributed by atoms with Crippen molar-refractivity contribution in [1.29, 1.82) is 0 Å². The maximum atomic E-state index is 15.1. The van der Waals surface area contributed by atoms with Gasteiger partial charge in [0.05, 0.1) is 30.3 Å². The lowest BCUT2D eigenvalue weighted by Crippen LogP contribution is -2.25. The summed E-state index contributed by atoms with van der Waals surface area (Å²) < 4.78 is 27.8. The molecule has 0 radical (unpaired) electrons. The molecule has 0 N–H and O–H groups in total. The highest BCUT2D eigenvalue weighted by Gasteiger charge is 2.20. The summed E-state index contributed by atoms with van der Waals surface area (Å²) in [7, 11) is 3.44. The molecule has 0 atom stereocenters. The molecule has 176 valence electrons. The normalized spacial score (nSPS) is 14.4. The third-order valence-corrected chi connectivity index (χ3v) is 6.45. The maximum absolute atomic E-state index is 15.1. The van der Waals surface area contributed by atoms with Crippen LogP contribution in [0.3, 0.4) is 0 Å². The van der Waals surface area contributed by atoms with Crippen LogP contribution in [0.2, 0.25) is 0 Å². The van der Waals surface area contributed by atoms with Crippen molar-refractivity contribution in [3.63, 3.8) is 0 Å². The average Bonchev–Trinajstić information content (AvgIpc) is 3.13. The van der Waals surface area contributed by atoms with Crippen molar-refractivity contribution < 1.29 is 13.7 Å². The van der Waals surface area contributed by atoms with Gasteiger partial charge in [0.2, 0.25) is 17.1 Å². The van der Waals surface area contributed by atoms with E-state index in [2.05, 4.69) is 15.0 Å². The van der Waals surface area contributed by atoms with E-state index in [1.165, 1.54) is 6.07 Å².